The molecule has 3 nitrogen and oxygen atoms in total. The van der Waals surface area contributed by atoms with Gasteiger partial charge in [0.05, 0.1) is 17.4 Å². The van der Waals surface area contributed by atoms with E-state index in [-0.39, 0.29) is 0 Å². The average molecular weight is 307 g/mol. The highest BCUT2D eigenvalue weighted by atomic mass is 15.0. The van der Waals surface area contributed by atoms with Crippen molar-refractivity contribution in [2.24, 2.45) is 7.05 Å². The van der Waals surface area contributed by atoms with Crippen LogP contribution in [0.1, 0.15) is 37.3 Å². The highest BCUT2D eigenvalue weighted by Crippen LogP contribution is 2.21. The van der Waals surface area contributed by atoms with Crippen LogP contribution in [0.3, 0.4) is 0 Å². The molecule has 0 radical (unpaired) electrons. The summed E-state index contributed by atoms with van der Waals surface area (Å²) in [6.45, 7) is 5.43. The third-order valence-electron chi connectivity index (χ3n) is 4.73. The van der Waals surface area contributed by atoms with Crippen molar-refractivity contribution >= 4 is 11.0 Å². The predicted octanol–water partition coefficient (Wildman–Crippen LogP) is 4.25. The minimum absolute atomic E-state index is 0.469. The number of rotatable bonds is 6. The van der Waals surface area contributed by atoms with E-state index in [2.05, 4.69) is 77.2 Å². The lowest BCUT2D eigenvalue weighted by atomic mass is 9.91. The average Bonchev–Trinajstić information content (AvgIpc) is 2.96. The summed E-state index contributed by atoms with van der Waals surface area (Å²) in [6, 6.07) is 17.7. The van der Waals surface area contributed by atoms with Gasteiger partial charge >= 0.3 is 0 Å². The summed E-state index contributed by atoms with van der Waals surface area (Å²) in [5.41, 5.74) is 4.93. The third kappa shape index (κ3) is 3.45. The molecule has 3 heteroatoms. The molecule has 0 amide bonds. The maximum atomic E-state index is 4.44. The van der Waals surface area contributed by atoms with Crippen LogP contribution < -0.4 is 5.32 Å². The zero-order valence-corrected chi connectivity index (χ0v) is 14.2. The van der Waals surface area contributed by atoms with Crippen LogP contribution in [0, 0.1) is 0 Å². The van der Waals surface area contributed by atoms with Crippen LogP contribution in [0.2, 0.25) is 0 Å². The van der Waals surface area contributed by atoms with E-state index in [0.717, 1.165) is 18.5 Å². The van der Waals surface area contributed by atoms with Crippen LogP contribution in [0.5, 0.6) is 0 Å². The topological polar surface area (TPSA) is 29.9 Å². The third-order valence-corrected chi connectivity index (χ3v) is 4.73. The van der Waals surface area contributed by atoms with Gasteiger partial charge in [0, 0.05) is 19.6 Å². The summed E-state index contributed by atoms with van der Waals surface area (Å²) in [5.74, 6) is 0.500. The molecule has 0 saturated carbocycles. The number of aryl methyl sites for hydroxylation is 1. The van der Waals surface area contributed by atoms with Crippen molar-refractivity contribution in [1.82, 2.24) is 14.9 Å². The molecule has 23 heavy (non-hydrogen) atoms. The van der Waals surface area contributed by atoms with Crippen LogP contribution in [0.25, 0.3) is 11.0 Å². The summed E-state index contributed by atoms with van der Waals surface area (Å²) >= 11 is 0. The molecule has 0 bridgehead atoms. The van der Waals surface area contributed by atoms with Crippen molar-refractivity contribution in [2.45, 2.75) is 38.8 Å². The molecule has 0 saturated heterocycles. The van der Waals surface area contributed by atoms with Gasteiger partial charge in [0.1, 0.15) is 0 Å². The maximum Gasteiger partial charge on any atom is 0.0955 e. The van der Waals surface area contributed by atoms with E-state index in [4.69, 9.17) is 0 Å². The number of aromatic nitrogens is 2. The molecule has 120 valence electrons. The Morgan fingerprint density at radius 3 is 2.65 bits per heavy atom. The van der Waals surface area contributed by atoms with Gasteiger partial charge in [-0.25, -0.2) is 4.98 Å². The minimum Gasteiger partial charge on any atom is -0.334 e. The molecule has 2 unspecified atom stereocenters. The normalized spacial score (nSPS) is 14.0. The molecule has 0 fully saturated rings. The number of nitrogens with zero attached hydrogens (tertiary/aromatic N) is 2. The first-order valence-corrected chi connectivity index (χ1v) is 8.37. The van der Waals surface area contributed by atoms with Gasteiger partial charge in [-0.15, -0.1) is 0 Å². The van der Waals surface area contributed by atoms with Crippen molar-refractivity contribution < 1.29 is 0 Å². The second-order valence-corrected chi connectivity index (χ2v) is 6.27. The first-order chi connectivity index (χ1) is 11.2. The van der Waals surface area contributed by atoms with Crippen LogP contribution in [0.15, 0.2) is 54.9 Å². The first-order valence-electron chi connectivity index (χ1n) is 8.37. The summed E-state index contributed by atoms with van der Waals surface area (Å²) in [7, 11) is 2.03. The molecular formula is C20H25N3. The number of imidazole rings is 1. The van der Waals surface area contributed by atoms with Gasteiger partial charge in [0.2, 0.25) is 0 Å². The first kappa shape index (κ1) is 15.8. The zero-order chi connectivity index (χ0) is 16.2. The predicted molar refractivity (Wildman–Crippen MR) is 96.5 cm³/mol. The molecule has 0 aliphatic rings. The van der Waals surface area contributed by atoms with Crippen molar-refractivity contribution in [3.05, 3.63) is 66.0 Å². The quantitative estimate of drug-likeness (QED) is 0.738. The SMILES string of the molecule is CCC(NCc1ccc2c(c1)ncn2C)C(C)c1ccccc1. The Labute approximate surface area is 138 Å². The van der Waals surface area contributed by atoms with E-state index in [1.807, 2.05) is 13.4 Å². The Bertz CT molecular complexity index is 761. The van der Waals surface area contributed by atoms with E-state index < -0.39 is 0 Å². The Hall–Kier alpha value is -2.13. The number of hydrogen-bond donors (Lipinski definition) is 1. The largest absolute Gasteiger partial charge is 0.334 e. The highest BCUT2D eigenvalue weighted by molar-refractivity contribution is 5.75. The smallest absolute Gasteiger partial charge is 0.0955 e. The van der Waals surface area contributed by atoms with Crippen molar-refractivity contribution in [3.8, 4) is 0 Å². The van der Waals surface area contributed by atoms with Gasteiger partial charge in [-0.1, -0.05) is 50.2 Å². The Morgan fingerprint density at radius 1 is 1.13 bits per heavy atom. The monoisotopic (exact) mass is 307 g/mol. The van der Waals surface area contributed by atoms with Gasteiger partial charge in [0.25, 0.3) is 0 Å². The van der Waals surface area contributed by atoms with Crippen molar-refractivity contribution in [3.63, 3.8) is 0 Å². The molecule has 0 aliphatic carbocycles. The Morgan fingerprint density at radius 2 is 1.91 bits per heavy atom. The van der Waals surface area contributed by atoms with Gasteiger partial charge < -0.3 is 9.88 Å². The molecular weight excluding hydrogens is 282 g/mol. The Balaban J connectivity index is 1.69. The summed E-state index contributed by atoms with van der Waals surface area (Å²) in [6.07, 6.45) is 2.98. The lowest BCUT2D eigenvalue weighted by Gasteiger charge is -2.24. The minimum atomic E-state index is 0.469. The molecule has 3 aromatic rings. The summed E-state index contributed by atoms with van der Waals surface area (Å²) in [5, 5.41) is 3.72. The number of benzene rings is 2. The number of hydrogen-bond acceptors (Lipinski definition) is 2. The fraction of sp³-hybridized carbons (Fsp3) is 0.350. The molecule has 2 atom stereocenters. The van der Waals surface area contributed by atoms with Gasteiger partial charge in [-0.3, -0.25) is 0 Å². The second kappa shape index (κ2) is 6.97. The van der Waals surface area contributed by atoms with E-state index >= 15 is 0 Å². The molecule has 3 rings (SSSR count). The fourth-order valence-electron chi connectivity index (χ4n) is 3.20. The Kier molecular flexibility index (Phi) is 4.77. The fourth-order valence-corrected chi connectivity index (χ4v) is 3.20. The van der Waals surface area contributed by atoms with E-state index in [0.29, 0.717) is 12.0 Å². The van der Waals surface area contributed by atoms with E-state index in [1.54, 1.807) is 0 Å². The number of fused-ring (bicyclic) bond motifs is 1. The second-order valence-electron chi connectivity index (χ2n) is 6.27. The summed E-state index contributed by atoms with van der Waals surface area (Å²) < 4.78 is 2.05. The van der Waals surface area contributed by atoms with E-state index in [9.17, 15) is 0 Å². The maximum absolute atomic E-state index is 4.44. The highest BCUT2D eigenvalue weighted by Gasteiger charge is 2.16. The molecule has 0 spiro atoms. The van der Waals surface area contributed by atoms with Crippen LogP contribution >= 0.6 is 0 Å². The molecule has 0 aliphatic heterocycles. The van der Waals surface area contributed by atoms with Gasteiger partial charge in [-0.05, 0) is 35.6 Å². The van der Waals surface area contributed by atoms with Crippen molar-refractivity contribution in [1.29, 1.82) is 0 Å². The lowest BCUT2D eigenvalue weighted by Crippen LogP contribution is -2.32. The molecule has 1 N–H and O–H groups in total. The lowest BCUT2D eigenvalue weighted by molar-refractivity contribution is 0.436. The van der Waals surface area contributed by atoms with Crippen LogP contribution in [-0.4, -0.2) is 15.6 Å². The molecule has 1 aromatic heterocycles. The number of nitrogens with one attached hydrogen (secondary N) is 1. The van der Waals surface area contributed by atoms with Crippen LogP contribution in [0.4, 0.5) is 0 Å². The molecule has 1 heterocycles. The van der Waals surface area contributed by atoms with Gasteiger partial charge in [0.15, 0.2) is 0 Å². The van der Waals surface area contributed by atoms with Crippen molar-refractivity contribution in [2.75, 3.05) is 0 Å². The van der Waals surface area contributed by atoms with Crippen LogP contribution in [-0.2, 0) is 13.6 Å². The van der Waals surface area contributed by atoms with E-state index in [1.165, 1.54) is 16.6 Å². The zero-order valence-electron chi connectivity index (χ0n) is 14.2. The molecule has 2 aromatic carbocycles. The standard InChI is InChI=1S/C20H25N3/c1-4-18(15(2)17-8-6-5-7-9-17)21-13-16-10-11-20-19(12-16)22-14-23(20)3/h5-12,14-15,18,21H,4,13H2,1-3H3. The van der Waals surface area contributed by atoms with Gasteiger partial charge in [-0.2, -0.15) is 0 Å². The summed E-state index contributed by atoms with van der Waals surface area (Å²) in [4.78, 5) is 4.44.